The number of carbonyl (C=O) groups excluding carboxylic acids is 1. The van der Waals surface area contributed by atoms with Gasteiger partial charge in [0, 0.05) is 7.11 Å². The van der Waals surface area contributed by atoms with E-state index in [-0.39, 0.29) is 12.0 Å². The molecule has 0 aromatic carbocycles. The van der Waals surface area contributed by atoms with Gasteiger partial charge in [-0.25, -0.2) is 9.78 Å². The molecule has 94 valence electrons. The van der Waals surface area contributed by atoms with E-state index in [0.717, 1.165) is 17.8 Å². The van der Waals surface area contributed by atoms with Crippen molar-refractivity contribution in [3.63, 3.8) is 0 Å². The number of esters is 1. The van der Waals surface area contributed by atoms with Crippen molar-refractivity contribution < 1.29 is 14.3 Å². The van der Waals surface area contributed by atoms with Gasteiger partial charge >= 0.3 is 5.97 Å². The van der Waals surface area contributed by atoms with Gasteiger partial charge in [-0.15, -0.1) is 11.3 Å². The van der Waals surface area contributed by atoms with E-state index < -0.39 is 0 Å². The van der Waals surface area contributed by atoms with Gasteiger partial charge in [0.25, 0.3) is 0 Å². The van der Waals surface area contributed by atoms with Crippen LogP contribution < -0.4 is 5.73 Å². The molecule has 0 saturated heterocycles. The van der Waals surface area contributed by atoms with Crippen molar-refractivity contribution in [2.24, 2.45) is 11.7 Å². The molecule has 1 unspecified atom stereocenters. The minimum Gasteiger partial charge on any atom is -0.465 e. The third-order valence-corrected chi connectivity index (χ3v) is 3.96. The molecule has 1 aliphatic rings. The molecule has 1 aromatic rings. The second-order valence-corrected chi connectivity index (χ2v) is 5.15. The lowest BCUT2D eigenvalue weighted by Crippen LogP contribution is -2.12. The second kappa shape index (κ2) is 5.12. The summed E-state index contributed by atoms with van der Waals surface area (Å²) < 4.78 is 9.76. The van der Waals surface area contributed by atoms with Gasteiger partial charge in [0.05, 0.1) is 25.5 Å². The molecule has 0 aliphatic heterocycles. The SMILES string of the molecule is COCc1nc(C(N)C2CC2)sc1C(=O)OC. The van der Waals surface area contributed by atoms with Crippen LogP contribution >= 0.6 is 11.3 Å². The molecule has 0 bridgehead atoms. The number of hydrogen-bond donors (Lipinski definition) is 1. The number of aromatic nitrogens is 1. The summed E-state index contributed by atoms with van der Waals surface area (Å²) in [7, 11) is 2.93. The van der Waals surface area contributed by atoms with Gasteiger partial charge in [-0.05, 0) is 18.8 Å². The summed E-state index contributed by atoms with van der Waals surface area (Å²) in [4.78, 5) is 16.5. The molecule has 0 amide bonds. The van der Waals surface area contributed by atoms with E-state index in [4.69, 9.17) is 15.2 Å². The highest BCUT2D eigenvalue weighted by Crippen LogP contribution is 2.41. The zero-order valence-corrected chi connectivity index (χ0v) is 10.8. The maximum absolute atomic E-state index is 11.6. The van der Waals surface area contributed by atoms with Crippen molar-refractivity contribution in [3.05, 3.63) is 15.6 Å². The first-order valence-corrected chi connectivity index (χ1v) is 6.31. The van der Waals surface area contributed by atoms with E-state index in [1.54, 1.807) is 7.11 Å². The highest BCUT2D eigenvalue weighted by atomic mass is 32.1. The summed E-state index contributed by atoms with van der Waals surface area (Å²) in [6.45, 7) is 0.304. The van der Waals surface area contributed by atoms with Crippen molar-refractivity contribution >= 4 is 17.3 Å². The summed E-state index contributed by atoms with van der Waals surface area (Å²) >= 11 is 1.32. The lowest BCUT2D eigenvalue weighted by Gasteiger charge is -2.04. The van der Waals surface area contributed by atoms with Crippen LogP contribution in [0, 0.1) is 5.92 Å². The second-order valence-electron chi connectivity index (χ2n) is 4.12. The molecule has 0 radical (unpaired) electrons. The fourth-order valence-corrected chi connectivity index (χ4v) is 2.74. The highest BCUT2D eigenvalue weighted by Gasteiger charge is 2.33. The van der Waals surface area contributed by atoms with E-state index in [0.29, 0.717) is 23.1 Å². The standard InChI is InChI=1S/C11H16N2O3S/c1-15-5-7-9(11(14)16-2)17-10(13-7)8(12)6-3-4-6/h6,8H,3-5,12H2,1-2H3. The maximum Gasteiger partial charge on any atom is 0.350 e. The normalized spacial score (nSPS) is 16.9. The van der Waals surface area contributed by atoms with E-state index in [9.17, 15) is 4.79 Å². The molecular weight excluding hydrogens is 240 g/mol. The number of nitrogens with zero attached hydrogens (tertiary/aromatic N) is 1. The van der Waals surface area contributed by atoms with Gasteiger partial charge in [-0.3, -0.25) is 0 Å². The Morgan fingerprint density at radius 3 is 2.82 bits per heavy atom. The van der Waals surface area contributed by atoms with Gasteiger partial charge in [0.1, 0.15) is 9.88 Å². The van der Waals surface area contributed by atoms with E-state index in [1.165, 1.54) is 18.4 Å². The van der Waals surface area contributed by atoms with Gasteiger partial charge < -0.3 is 15.2 Å². The summed E-state index contributed by atoms with van der Waals surface area (Å²) in [6.07, 6.45) is 2.29. The zero-order chi connectivity index (χ0) is 12.4. The molecule has 5 nitrogen and oxygen atoms in total. The zero-order valence-electron chi connectivity index (χ0n) is 9.93. The van der Waals surface area contributed by atoms with Crippen molar-refractivity contribution in [2.45, 2.75) is 25.5 Å². The first-order chi connectivity index (χ1) is 8.17. The van der Waals surface area contributed by atoms with Crippen molar-refractivity contribution in [1.82, 2.24) is 4.98 Å². The molecule has 17 heavy (non-hydrogen) atoms. The molecule has 1 saturated carbocycles. The quantitative estimate of drug-likeness (QED) is 0.808. The van der Waals surface area contributed by atoms with Crippen molar-refractivity contribution in [1.29, 1.82) is 0 Å². The van der Waals surface area contributed by atoms with Gasteiger partial charge in [-0.1, -0.05) is 0 Å². The van der Waals surface area contributed by atoms with Crippen molar-refractivity contribution in [3.8, 4) is 0 Å². The number of ether oxygens (including phenoxy) is 2. The molecule has 2 N–H and O–H groups in total. The van der Waals surface area contributed by atoms with Crippen LogP contribution in [0.15, 0.2) is 0 Å². The molecule has 0 spiro atoms. The minimum absolute atomic E-state index is 0.0611. The molecule has 1 atom stereocenters. The fourth-order valence-electron chi connectivity index (χ4n) is 1.66. The summed E-state index contributed by atoms with van der Waals surface area (Å²) in [5, 5.41) is 0.806. The Labute approximate surface area is 104 Å². The third-order valence-electron chi connectivity index (χ3n) is 2.78. The Morgan fingerprint density at radius 1 is 1.59 bits per heavy atom. The average Bonchev–Trinajstić information content (AvgIpc) is 3.09. The van der Waals surface area contributed by atoms with E-state index in [1.807, 2.05) is 0 Å². The Bertz CT molecular complexity index is 415. The first-order valence-electron chi connectivity index (χ1n) is 5.49. The predicted octanol–water partition coefficient (Wildman–Crippen LogP) is 1.49. The van der Waals surface area contributed by atoms with Crippen LogP contribution in [0.2, 0.25) is 0 Å². The number of nitrogens with two attached hydrogens (primary N) is 1. The fraction of sp³-hybridized carbons (Fsp3) is 0.636. The molecule has 1 aromatic heterocycles. The van der Waals surface area contributed by atoms with Crippen LogP contribution in [0.3, 0.4) is 0 Å². The molecule has 2 rings (SSSR count). The van der Waals surface area contributed by atoms with Gasteiger partial charge in [0.15, 0.2) is 0 Å². The van der Waals surface area contributed by atoms with Crippen LogP contribution in [0.1, 0.15) is 39.3 Å². The number of thiazole rings is 1. The molecule has 6 heteroatoms. The van der Waals surface area contributed by atoms with Crippen LogP contribution in [-0.4, -0.2) is 25.2 Å². The third kappa shape index (κ3) is 2.65. The van der Waals surface area contributed by atoms with E-state index >= 15 is 0 Å². The Morgan fingerprint density at radius 2 is 2.29 bits per heavy atom. The smallest absolute Gasteiger partial charge is 0.350 e. The number of carbonyl (C=O) groups is 1. The molecule has 1 heterocycles. The van der Waals surface area contributed by atoms with Crippen LogP contribution in [-0.2, 0) is 16.1 Å². The summed E-state index contributed by atoms with van der Waals surface area (Å²) in [6, 6.07) is -0.0611. The van der Waals surface area contributed by atoms with Crippen LogP contribution in [0.4, 0.5) is 0 Å². The topological polar surface area (TPSA) is 74.4 Å². The first kappa shape index (κ1) is 12.5. The lowest BCUT2D eigenvalue weighted by molar-refractivity contribution is 0.0601. The minimum atomic E-state index is -0.371. The Hall–Kier alpha value is -0.980. The summed E-state index contributed by atoms with van der Waals surface area (Å²) in [5.74, 6) is 0.144. The number of rotatable bonds is 5. The van der Waals surface area contributed by atoms with Crippen LogP contribution in [0.25, 0.3) is 0 Å². The maximum atomic E-state index is 11.6. The summed E-state index contributed by atoms with van der Waals surface area (Å²) in [5.41, 5.74) is 6.70. The monoisotopic (exact) mass is 256 g/mol. The van der Waals surface area contributed by atoms with Gasteiger partial charge in [0.2, 0.25) is 0 Å². The molecule has 1 aliphatic carbocycles. The predicted molar refractivity (Wildman–Crippen MR) is 63.8 cm³/mol. The van der Waals surface area contributed by atoms with Gasteiger partial charge in [-0.2, -0.15) is 0 Å². The highest BCUT2D eigenvalue weighted by molar-refractivity contribution is 7.13. The Balaban J connectivity index is 2.25. The average molecular weight is 256 g/mol. The van der Waals surface area contributed by atoms with Crippen LogP contribution in [0.5, 0.6) is 0 Å². The molecular formula is C11H16N2O3S. The lowest BCUT2D eigenvalue weighted by atomic mass is 10.2. The largest absolute Gasteiger partial charge is 0.465 e. The number of hydrogen-bond acceptors (Lipinski definition) is 6. The number of methoxy groups -OCH3 is 2. The molecule has 1 fully saturated rings. The van der Waals surface area contributed by atoms with Crippen molar-refractivity contribution in [2.75, 3.05) is 14.2 Å². The Kier molecular flexibility index (Phi) is 3.76. The van der Waals surface area contributed by atoms with E-state index in [2.05, 4.69) is 4.98 Å².